The topological polar surface area (TPSA) is 64.1 Å². The smallest absolute Gasteiger partial charge is 0.330 e. The molecule has 0 amide bonds. The van der Waals surface area contributed by atoms with E-state index in [0.717, 1.165) is 19.3 Å². The lowest BCUT2D eigenvalue weighted by molar-refractivity contribution is -0.100. The Kier molecular flexibility index (Phi) is 3.29. The van der Waals surface area contributed by atoms with Crippen LogP contribution in [0.5, 0.6) is 0 Å². The maximum absolute atomic E-state index is 11.9. The average Bonchev–Trinajstić information content (AvgIpc) is 3.22. The molecule has 0 spiro atoms. The maximum atomic E-state index is 11.9. The number of hydrogen-bond donors (Lipinski definition) is 1. The molecule has 110 valence electrons. The van der Waals surface area contributed by atoms with Crippen LogP contribution in [0.15, 0.2) is 21.9 Å². The van der Waals surface area contributed by atoms with E-state index in [1.165, 1.54) is 16.8 Å². The monoisotopic (exact) mass is 298 g/mol. The Labute approximate surface area is 121 Å². The third-order valence-corrected chi connectivity index (χ3v) is 5.40. The van der Waals surface area contributed by atoms with Crippen molar-refractivity contribution in [2.24, 2.45) is 11.8 Å². The predicted octanol–water partition coefficient (Wildman–Crippen LogP) is 1.87. The quantitative estimate of drug-likeness (QED) is 0.867. The largest absolute Gasteiger partial charge is 0.349 e. The Morgan fingerprint density at radius 2 is 2.20 bits per heavy atom. The molecule has 1 aliphatic heterocycles. The van der Waals surface area contributed by atoms with Crippen molar-refractivity contribution in [2.75, 3.05) is 0 Å². The SMILES string of the molecule is CC[C@@]1(C2CC2)O[C@@H](n2ccc(=O)[nH]c2=O)[C@H](Cl)[C@@H]1C. The molecule has 5 nitrogen and oxygen atoms in total. The number of H-pyrrole nitrogens is 1. The summed E-state index contributed by atoms with van der Waals surface area (Å²) in [6.07, 6.45) is 4.16. The summed E-state index contributed by atoms with van der Waals surface area (Å²) >= 11 is 6.53. The molecule has 1 saturated carbocycles. The van der Waals surface area contributed by atoms with Crippen LogP contribution in [0.1, 0.15) is 39.3 Å². The number of nitrogens with one attached hydrogen (secondary N) is 1. The van der Waals surface area contributed by atoms with Gasteiger partial charge in [-0.3, -0.25) is 14.3 Å². The third-order valence-electron chi connectivity index (χ3n) is 4.81. The summed E-state index contributed by atoms with van der Waals surface area (Å²) < 4.78 is 7.66. The zero-order valence-electron chi connectivity index (χ0n) is 11.6. The van der Waals surface area contributed by atoms with Crippen LogP contribution in [0.4, 0.5) is 0 Å². The minimum absolute atomic E-state index is 0.172. The van der Waals surface area contributed by atoms with E-state index in [9.17, 15) is 9.59 Å². The first kappa shape index (κ1) is 13.9. The molecular formula is C14H19ClN2O3. The minimum Gasteiger partial charge on any atom is -0.349 e. The first-order valence-corrected chi connectivity index (χ1v) is 7.56. The van der Waals surface area contributed by atoms with Crippen molar-refractivity contribution in [3.05, 3.63) is 33.1 Å². The summed E-state index contributed by atoms with van der Waals surface area (Å²) in [5, 5.41) is -0.279. The third kappa shape index (κ3) is 1.95. The van der Waals surface area contributed by atoms with E-state index in [4.69, 9.17) is 16.3 Å². The van der Waals surface area contributed by atoms with Gasteiger partial charge in [-0.15, -0.1) is 11.6 Å². The lowest BCUT2D eigenvalue weighted by Gasteiger charge is -2.32. The number of aromatic nitrogens is 2. The highest BCUT2D eigenvalue weighted by Gasteiger charge is 2.58. The second kappa shape index (κ2) is 4.74. The molecule has 2 aliphatic rings. The van der Waals surface area contributed by atoms with Gasteiger partial charge >= 0.3 is 5.69 Å². The van der Waals surface area contributed by atoms with Gasteiger partial charge in [-0.05, 0) is 25.2 Å². The highest BCUT2D eigenvalue weighted by Crippen LogP contribution is 2.56. The number of nitrogens with zero attached hydrogens (tertiary/aromatic N) is 1. The molecule has 2 fully saturated rings. The lowest BCUT2D eigenvalue weighted by Crippen LogP contribution is -2.37. The number of aromatic amines is 1. The molecule has 1 saturated heterocycles. The highest BCUT2D eigenvalue weighted by molar-refractivity contribution is 6.21. The van der Waals surface area contributed by atoms with E-state index >= 15 is 0 Å². The Bertz CT molecular complexity index is 621. The van der Waals surface area contributed by atoms with Crippen LogP contribution >= 0.6 is 11.6 Å². The molecule has 6 heteroatoms. The molecule has 4 atom stereocenters. The Morgan fingerprint density at radius 3 is 2.75 bits per heavy atom. The number of ether oxygens (including phenoxy) is 1. The molecule has 0 unspecified atom stereocenters. The van der Waals surface area contributed by atoms with Crippen LogP contribution in [0.2, 0.25) is 0 Å². The van der Waals surface area contributed by atoms with E-state index in [1.54, 1.807) is 0 Å². The Morgan fingerprint density at radius 1 is 1.50 bits per heavy atom. The second-order valence-corrected chi connectivity index (χ2v) is 6.35. The molecule has 1 aliphatic carbocycles. The first-order valence-electron chi connectivity index (χ1n) is 7.13. The molecular weight excluding hydrogens is 280 g/mol. The van der Waals surface area contributed by atoms with Crippen molar-refractivity contribution in [1.29, 1.82) is 0 Å². The molecule has 2 heterocycles. The van der Waals surface area contributed by atoms with Crippen LogP contribution in [-0.4, -0.2) is 20.5 Å². The molecule has 0 radical (unpaired) electrons. The minimum atomic E-state index is -0.517. The summed E-state index contributed by atoms with van der Waals surface area (Å²) in [6, 6.07) is 1.32. The van der Waals surface area contributed by atoms with Gasteiger partial charge in [-0.1, -0.05) is 13.8 Å². The Balaban J connectivity index is 1.99. The van der Waals surface area contributed by atoms with Crippen molar-refractivity contribution in [3.63, 3.8) is 0 Å². The fraction of sp³-hybridized carbons (Fsp3) is 0.714. The zero-order valence-corrected chi connectivity index (χ0v) is 12.4. The first-order chi connectivity index (χ1) is 9.49. The number of alkyl halides is 1. The van der Waals surface area contributed by atoms with Gasteiger partial charge in [0.2, 0.25) is 0 Å². The zero-order chi connectivity index (χ0) is 14.5. The average molecular weight is 299 g/mol. The lowest BCUT2D eigenvalue weighted by atomic mass is 9.82. The van der Waals surface area contributed by atoms with Gasteiger partial charge < -0.3 is 4.74 Å². The van der Waals surface area contributed by atoms with Gasteiger partial charge in [0.1, 0.15) is 0 Å². The number of rotatable bonds is 3. The van der Waals surface area contributed by atoms with Crippen LogP contribution in [0.3, 0.4) is 0 Å². The van der Waals surface area contributed by atoms with Gasteiger partial charge in [-0.25, -0.2) is 4.79 Å². The van der Waals surface area contributed by atoms with E-state index in [0.29, 0.717) is 5.92 Å². The summed E-state index contributed by atoms with van der Waals surface area (Å²) in [6.45, 7) is 4.20. The van der Waals surface area contributed by atoms with E-state index in [-0.39, 0.29) is 16.9 Å². The van der Waals surface area contributed by atoms with Crippen molar-refractivity contribution < 1.29 is 4.74 Å². The van der Waals surface area contributed by atoms with E-state index in [1.807, 2.05) is 0 Å². The standard InChI is InChI=1S/C14H19ClN2O3/c1-3-14(9-4-5-9)8(2)11(15)12(20-14)17-7-6-10(18)16-13(17)19/h6-9,11-12H,3-5H2,1-2H3,(H,16,18,19)/t8-,11+,12+,14+/m0/s1. The van der Waals surface area contributed by atoms with Gasteiger partial charge in [0.15, 0.2) is 6.23 Å². The fourth-order valence-corrected chi connectivity index (χ4v) is 3.87. The van der Waals surface area contributed by atoms with E-state index in [2.05, 4.69) is 18.8 Å². The second-order valence-electron chi connectivity index (χ2n) is 5.84. The van der Waals surface area contributed by atoms with E-state index < -0.39 is 17.5 Å². The van der Waals surface area contributed by atoms with Gasteiger partial charge in [-0.2, -0.15) is 0 Å². The normalized spacial score (nSPS) is 37.2. The molecule has 1 aromatic heterocycles. The van der Waals surface area contributed by atoms with Crippen LogP contribution in [-0.2, 0) is 4.74 Å². The molecule has 0 bridgehead atoms. The van der Waals surface area contributed by atoms with Crippen molar-refractivity contribution in [2.45, 2.75) is 50.3 Å². The van der Waals surface area contributed by atoms with Crippen molar-refractivity contribution in [1.82, 2.24) is 9.55 Å². The maximum Gasteiger partial charge on any atom is 0.330 e. The van der Waals surface area contributed by atoms with Gasteiger partial charge in [0, 0.05) is 18.2 Å². The Hall–Kier alpha value is -1.07. The molecule has 3 rings (SSSR count). The summed E-state index contributed by atoms with van der Waals surface area (Å²) in [4.78, 5) is 25.3. The molecule has 20 heavy (non-hydrogen) atoms. The van der Waals surface area contributed by atoms with Gasteiger partial charge in [0.05, 0.1) is 11.0 Å². The van der Waals surface area contributed by atoms with Crippen LogP contribution < -0.4 is 11.2 Å². The molecule has 0 aromatic carbocycles. The molecule has 1 aromatic rings. The van der Waals surface area contributed by atoms with Gasteiger partial charge in [0.25, 0.3) is 5.56 Å². The predicted molar refractivity (Wildman–Crippen MR) is 76.0 cm³/mol. The summed E-state index contributed by atoms with van der Waals surface area (Å²) in [5.41, 5.74) is -1.12. The van der Waals surface area contributed by atoms with Crippen molar-refractivity contribution in [3.8, 4) is 0 Å². The summed E-state index contributed by atoms with van der Waals surface area (Å²) in [7, 11) is 0. The van der Waals surface area contributed by atoms with Crippen molar-refractivity contribution >= 4 is 11.6 Å². The molecule has 1 N–H and O–H groups in total. The number of hydrogen-bond acceptors (Lipinski definition) is 3. The van der Waals surface area contributed by atoms with Crippen LogP contribution in [0, 0.1) is 11.8 Å². The summed E-state index contributed by atoms with van der Waals surface area (Å²) in [5.74, 6) is 0.706. The number of halogens is 1. The van der Waals surface area contributed by atoms with Crippen LogP contribution in [0.25, 0.3) is 0 Å². The fourth-order valence-electron chi connectivity index (χ4n) is 3.49. The highest BCUT2D eigenvalue weighted by atomic mass is 35.5.